The van der Waals surface area contributed by atoms with Gasteiger partial charge in [-0.15, -0.1) is 0 Å². The van der Waals surface area contributed by atoms with E-state index < -0.39 is 23.7 Å². The van der Waals surface area contributed by atoms with Crippen molar-refractivity contribution in [1.82, 2.24) is 9.88 Å². The highest BCUT2D eigenvalue weighted by atomic mass is 16.6. The van der Waals surface area contributed by atoms with E-state index >= 15 is 0 Å². The highest BCUT2D eigenvalue weighted by Crippen LogP contribution is 2.08. The van der Waals surface area contributed by atoms with Crippen LogP contribution in [0.25, 0.3) is 0 Å². The SMILES string of the molecule is COC(=O)C(Cc1cccn(C)c1=O)NC(=O)OC(C)(C)C. The third-order valence-corrected chi connectivity index (χ3v) is 2.80. The first-order valence-electron chi connectivity index (χ1n) is 6.86. The Labute approximate surface area is 129 Å². The van der Waals surface area contributed by atoms with Crippen LogP contribution in [0.1, 0.15) is 26.3 Å². The molecule has 22 heavy (non-hydrogen) atoms. The fourth-order valence-electron chi connectivity index (χ4n) is 1.81. The van der Waals surface area contributed by atoms with Gasteiger partial charge >= 0.3 is 12.1 Å². The molecule has 1 aromatic rings. The molecule has 1 aromatic heterocycles. The second kappa shape index (κ2) is 7.11. The first-order chi connectivity index (χ1) is 10.1. The van der Waals surface area contributed by atoms with E-state index in [9.17, 15) is 14.4 Å². The summed E-state index contributed by atoms with van der Waals surface area (Å²) in [6, 6.07) is 2.31. The minimum absolute atomic E-state index is 0.0272. The summed E-state index contributed by atoms with van der Waals surface area (Å²) in [7, 11) is 2.83. The maximum Gasteiger partial charge on any atom is 0.408 e. The molecule has 1 atom stereocenters. The Bertz CT molecular complexity index is 601. The Balaban J connectivity index is 2.90. The number of pyridine rings is 1. The zero-order chi connectivity index (χ0) is 16.9. The van der Waals surface area contributed by atoms with Crippen LogP contribution in [0, 0.1) is 0 Å². The van der Waals surface area contributed by atoms with Gasteiger partial charge in [0.15, 0.2) is 0 Å². The smallest absolute Gasteiger partial charge is 0.408 e. The van der Waals surface area contributed by atoms with Crippen molar-refractivity contribution in [2.24, 2.45) is 7.05 Å². The molecule has 0 aromatic carbocycles. The lowest BCUT2D eigenvalue weighted by Crippen LogP contribution is -2.46. The summed E-state index contributed by atoms with van der Waals surface area (Å²) in [5.41, 5.74) is -0.521. The minimum atomic E-state index is -0.991. The van der Waals surface area contributed by atoms with E-state index in [-0.39, 0.29) is 12.0 Å². The molecule has 1 unspecified atom stereocenters. The Morgan fingerprint density at radius 2 is 2.00 bits per heavy atom. The maximum atomic E-state index is 12.0. The number of rotatable bonds is 4. The molecule has 0 saturated heterocycles. The first-order valence-corrected chi connectivity index (χ1v) is 6.86. The number of carbonyl (C=O) groups excluding carboxylic acids is 2. The quantitative estimate of drug-likeness (QED) is 0.838. The number of hydrogen-bond acceptors (Lipinski definition) is 5. The van der Waals surface area contributed by atoms with Crippen LogP contribution >= 0.6 is 0 Å². The van der Waals surface area contributed by atoms with Crippen molar-refractivity contribution >= 4 is 12.1 Å². The average molecular weight is 310 g/mol. The number of carbonyl (C=O) groups is 2. The summed E-state index contributed by atoms with van der Waals surface area (Å²) >= 11 is 0. The molecule has 1 heterocycles. The molecular formula is C15H22N2O5. The molecule has 1 amide bonds. The molecule has 0 aliphatic carbocycles. The standard InChI is InChI=1S/C15H22N2O5/c1-15(2,3)22-14(20)16-11(13(19)21-5)9-10-7-6-8-17(4)12(10)18/h6-8,11H,9H2,1-5H3,(H,16,20). The summed E-state index contributed by atoms with van der Waals surface area (Å²) in [5, 5.41) is 2.44. The van der Waals surface area contributed by atoms with Gasteiger partial charge in [0, 0.05) is 25.2 Å². The van der Waals surface area contributed by atoms with Gasteiger partial charge in [-0.05, 0) is 26.8 Å². The number of esters is 1. The first kappa shape index (κ1) is 17.7. The van der Waals surface area contributed by atoms with Crippen molar-refractivity contribution in [3.63, 3.8) is 0 Å². The fourth-order valence-corrected chi connectivity index (χ4v) is 1.81. The van der Waals surface area contributed by atoms with Gasteiger partial charge in [0.1, 0.15) is 11.6 Å². The van der Waals surface area contributed by atoms with Crippen LogP contribution in [-0.2, 0) is 27.7 Å². The van der Waals surface area contributed by atoms with E-state index in [1.54, 1.807) is 46.1 Å². The average Bonchev–Trinajstić information content (AvgIpc) is 2.40. The summed E-state index contributed by atoms with van der Waals surface area (Å²) in [6.45, 7) is 5.14. The molecule has 0 saturated carbocycles. The van der Waals surface area contributed by atoms with Crippen molar-refractivity contribution in [3.8, 4) is 0 Å². The van der Waals surface area contributed by atoms with Gasteiger partial charge in [-0.1, -0.05) is 6.07 Å². The van der Waals surface area contributed by atoms with Crippen LogP contribution < -0.4 is 10.9 Å². The molecule has 0 fully saturated rings. The number of methoxy groups -OCH3 is 1. The van der Waals surface area contributed by atoms with E-state index in [4.69, 9.17) is 4.74 Å². The van der Waals surface area contributed by atoms with Gasteiger partial charge in [-0.25, -0.2) is 9.59 Å². The predicted molar refractivity (Wildman–Crippen MR) is 80.6 cm³/mol. The van der Waals surface area contributed by atoms with Crippen LogP contribution in [-0.4, -0.2) is 35.4 Å². The lowest BCUT2D eigenvalue weighted by Gasteiger charge is -2.22. The lowest BCUT2D eigenvalue weighted by molar-refractivity contribution is -0.143. The van der Waals surface area contributed by atoms with Crippen LogP contribution in [0.15, 0.2) is 23.1 Å². The van der Waals surface area contributed by atoms with Gasteiger partial charge < -0.3 is 19.4 Å². The molecule has 1 N–H and O–H groups in total. The van der Waals surface area contributed by atoms with Gasteiger partial charge in [-0.2, -0.15) is 0 Å². The van der Waals surface area contributed by atoms with Gasteiger partial charge in [0.2, 0.25) is 0 Å². The molecule has 0 spiro atoms. The Morgan fingerprint density at radius 1 is 1.36 bits per heavy atom. The number of hydrogen-bond donors (Lipinski definition) is 1. The number of ether oxygens (including phenoxy) is 2. The largest absolute Gasteiger partial charge is 0.467 e. The van der Waals surface area contributed by atoms with Crippen molar-refractivity contribution in [2.75, 3.05) is 7.11 Å². The Hall–Kier alpha value is -2.31. The van der Waals surface area contributed by atoms with Crippen LogP contribution in [0.2, 0.25) is 0 Å². The van der Waals surface area contributed by atoms with Crippen molar-refractivity contribution in [3.05, 3.63) is 34.2 Å². The van der Waals surface area contributed by atoms with E-state index in [0.717, 1.165) is 0 Å². The van der Waals surface area contributed by atoms with E-state index in [1.807, 2.05) is 0 Å². The molecule has 0 aliphatic heterocycles. The number of amides is 1. The third kappa shape index (κ3) is 5.23. The highest BCUT2D eigenvalue weighted by Gasteiger charge is 2.26. The fraction of sp³-hybridized carbons (Fsp3) is 0.533. The van der Waals surface area contributed by atoms with Crippen molar-refractivity contribution in [1.29, 1.82) is 0 Å². The lowest BCUT2D eigenvalue weighted by atomic mass is 10.1. The normalized spacial score (nSPS) is 12.4. The van der Waals surface area contributed by atoms with Crippen LogP contribution in [0.4, 0.5) is 4.79 Å². The predicted octanol–water partition coefficient (Wildman–Crippen LogP) is 0.994. The monoisotopic (exact) mass is 310 g/mol. The summed E-state index contributed by atoms with van der Waals surface area (Å²) in [6.07, 6.45) is 0.898. The zero-order valence-electron chi connectivity index (χ0n) is 13.5. The van der Waals surface area contributed by atoms with Gasteiger partial charge in [0.25, 0.3) is 5.56 Å². The summed E-state index contributed by atoms with van der Waals surface area (Å²) < 4.78 is 11.2. The highest BCUT2D eigenvalue weighted by molar-refractivity contribution is 5.81. The molecule has 122 valence electrons. The van der Waals surface area contributed by atoms with Gasteiger partial charge in [-0.3, -0.25) is 4.79 Å². The Kier molecular flexibility index (Phi) is 5.73. The molecule has 0 radical (unpaired) electrons. The number of nitrogens with zero attached hydrogens (tertiary/aromatic N) is 1. The third-order valence-electron chi connectivity index (χ3n) is 2.80. The second-order valence-electron chi connectivity index (χ2n) is 5.88. The molecule has 7 heteroatoms. The molecule has 7 nitrogen and oxygen atoms in total. The molecule has 1 rings (SSSR count). The van der Waals surface area contributed by atoms with Crippen molar-refractivity contribution in [2.45, 2.75) is 38.8 Å². The zero-order valence-corrected chi connectivity index (χ0v) is 13.5. The maximum absolute atomic E-state index is 12.0. The minimum Gasteiger partial charge on any atom is -0.467 e. The van der Waals surface area contributed by atoms with Crippen LogP contribution in [0.3, 0.4) is 0 Å². The second-order valence-corrected chi connectivity index (χ2v) is 5.88. The van der Waals surface area contributed by atoms with E-state index in [1.165, 1.54) is 11.7 Å². The van der Waals surface area contributed by atoms with Gasteiger partial charge in [0.05, 0.1) is 7.11 Å². The molecule has 0 aliphatic rings. The summed E-state index contributed by atoms with van der Waals surface area (Å²) in [5.74, 6) is -0.642. The Morgan fingerprint density at radius 3 is 2.55 bits per heavy atom. The number of aromatic nitrogens is 1. The number of alkyl carbamates (subject to hydrolysis) is 1. The van der Waals surface area contributed by atoms with E-state index in [2.05, 4.69) is 10.1 Å². The molecule has 0 bridgehead atoms. The summed E-state index contributed by atoms with van der Waals surface area (Å²) in [4.78, 5) is 35.6. The molecular weight excluding hydrogens is 288 g/mol. The topological polar surface area (TPSA) is 86.6 Å². The van der Waals surface area contributed by atoms with Crippen molar-refractivity contribution < 1.29 is 19.1 Å². The number of aryl methyl sites for hydroxylation is 1. The van der Waals surface area contributed by atoms with E-state index in [0.29, 0.717) is 5.56 Å². The number of nitrogens with one attached hydrogen (secondary N) is 1. The van der Waals surface area contributed by atoms with Crippen LogP contribution in [0.5, 0.6) is 0 Å².